The second kappa shape index (κ2) is 4.53. The van der Waals surface area contributed by atoms with E-state index in [-0.39, 0.29) is 22.0 Å². The van der Waals surface area contributed by atoms with Gasteiger partial charge in [-0.15, -0.1) is 0 Å². The van der Waals surface area contributed by atoms with Crippen molar-refractivity contribution in [2.45, 2.75) is 26.1 Å². The van der Waals surface area contributed by atoms with Gasteiger partial charge in [0.2, 0.25) is 0 Å². The summed E-state index contributed by atoms with van der Waals surface area (Å²) in [7, 11) is 0. The number of halogens is 4. The lowest BCUT2D eigenvalue weighted by Crippen LogP contribution is -2.11. The van der Waals surface area contributed by atoms with E-state index in [1.807, 2.05) is 0 Å². The van der Waals surface area contributed by atoms with E-state index in [9.17, 15) is 13.2 Å². The molecule has 0 saturated heterocycles. The molecule has 0 radical (unpaired) electrons. The summed E-state index contributed by atoms with van der Waals surface area (Å²) >= 11 is 2.85. The van der Waals surface area contributed by atoms with Gasteiger partial charge < -0.3 is 10.5 Å². The Hall–Kier alpha value is -0.910. The molecule has 0 atom stereocenters. The van der Waals surface area contributed by atoms with Crippen LogP contribution in [0.15, 0.2) is 16.6 Å². The van der Waals surface area contributed by atoms with E-state index in [1.165, 1.54) is 6.07 Å². The fraction of sp³-hybridized carbons (Fsp3) is 0.400. The smallest absolute Gasteiger partial charge is 0.417 e. The van der Waals surface area contributed by atoms with E-state index in [0.717, 1.165) is 6.07 Å². The van der Waals surface area contributed by atoms with E-state index in [1.54, 1.807) is 13.8 Å². The van der Waals surface area contributed by atoms with E-state index in [0.29, 0.717) is 0 Å². The normalized spacial score (nSPS) is 11.9. The van der Waals surface area contributed by atoms with Crippen LogP contribution in [-0.2, 0) is 6.18 Å². The van der Waals surface area contributed by atoms with Crippen LogP contribution < -0.4 is 10.5 Å². The first-order valence-electron chi connectivity index (χ1n) is 4.54. The van der Waals surface area contributed by atoms with E-state index in [2.05, 4.69) is 15.9 Å². The first-order valence-corrected chi connectivity index (χ1v) is 5.34. The zero-order valence-electron chi connectivity index (χ0n) is 8.73. The van der Waals surface area contributed by atoms with Crippen LogP contribution in [0.25, 0.3) is 0 Å². The van der Waals surface area contributed by atoms with Crippen molar-refractivity contribution in [2.24, 2.45) is 0 Å². The number of hydrogen-bond donors (Lipinski definition) is 1. The molecule has 0 aliphatic carbocycles. The van der Waals surface area contributed by atoms with Gasteiger partial charge in [0, 0.05) is 4.47 Å². The van der Waals surface area contributed by atoms with Gasteiger partial charge in [0.15, 0.2) is 0 Å². The standard InChI is InChI=1S/C10H11BrF3NO/c1-5(2)16-9-4-7(11)6(3-8(9)15)10(12,13)14/h3-5H,15H2,1-2H3. The maximum absolute atomic E-state index is 12.5. The van der Waals surface area contributed by atoms with Crippen LogP contribution in [0.4, 0.5) is 18.9 Å². The van der Waals surface area contributed by atoms with Crippen LogP contribution in [0.3, 0.4) is 0 Å². The molecule has 0 aromatic heterocycles. The van der Waals surface area contributed by atoms with Crippen LogP contribution in [0.5, 0.6) is 5.75 Å². The third kappa shape index (κ3) is 3.04. The van der Waals surface area contributed by atoms with Gasteiger partial charge in [0.25, 0.3) is 0 Å². The average molecular weight is 298 g/mol. The average Bonchev–Trinajstić information content (AvgIpc) is 2.07. The third-order valence-corrected chi connectivity index (χ3v) is 2.42. The molecule has 0 fully saturated rings. The summed E-state index contributed by atoms with van der Waals surface area (Å²) in [5.74, 6) is 0.245. The monoisotopic (exact) mass is 297 g/mol. The molecule has 2 nitrogen and oxygen atoms in total. The molecule has 2 N–H and O–H groups in total. The number of nitrogens with two attached hydrogens (primary N) is 1. The van der Waals surface area contributed by atoms with Gasteiger partial charge in [-0.1, -0.05) is 15.9 Å². The van der Waals surface area contributed by atoms with Crippen molar-refractivity contribution in [3.63, 3.8) is 0 Å². The summed E-state index contributed by atoms with van der Waals surface area (Å²) in [6.07, 6.45) is -4.57. The number of rotatable bonds is 2. The molecule has 0 spiro atoms. The zero-order valence-corrected chi connectivity index (χ0v) is 10.3. The Labute approximate surface area is 99.7 Å². The van der Waals surface area contributed by atoms with Crippen molar-refractivity contribution < 1.29 is 17.9 Å². The number of ether oxygens (including phenoxy) is 1. The molecule has 0 saturated carbocycles. The summed E-state index contributed by atoms with van der Waals surface area (Å²) in [6.45, 7) is 3.54. The van der Waals surface area contributed by atoms with Crippen molar-refractivity contribution in [2.75, 3.05) is 5.73 Å². The number of nitrogen functional groups attached to an aromatic ring is 1. The molecule has 1 aromatic carbocycles. The van der Waals surface area contributed by atoms with Gasteiger partial charge in [0.1, 0.15) is 5.75 Å². The molecule has 1 aromatic rings. The Morgan fingerprint density at radius 1 is 1.31 bits per heavy atom. The Morgan fingerprint density at radius 2 is 1.88 bits per heavy atom. The fourth-order valence-electron chi connectivity index (χ4n) is 1.14. The fourth-order valence-corrected chi connectivity index (χ4v) is 1.69. The lowest BCUT2D eigenvalue weighted by atomic mass is 10.2. The van der Waals surface area contributed by atoms with Crippen LogP contribution in [0, 0.1) is 0 Å². The molecular formula is C10H11BrF3NO. The summed E-state index contributed by atoms with van der Waals surface area (Å²) in [6, 6.07) is 2.10. The van der Waals surface area contributed by atoms with Crippen LogP contribution in [0.1, 0.15) is 19.4 Å². The maximum Gasteiger partial charge on any atom is 0.417 e. The van der Waals surface area contributed by atoms with Crippen molar-refractivity contribution in [3.8, 4) is 5.75 Å². The van der Waals surface area contributed by atoms with Gasteiger partial charge in [-0.25, -0.2) is 0 Å². The quantitative estimate of drug-likeness (QED) is 0.842. The molecule has 90 valence electrons. The molecule has 0 unspecified atom stereocenters. The van der Waals surface area contributed by atoms with Crippen LogP contribution in [-0.4, -0.2) is 6.10 Å². The number of alkyl halides is 3. The van der Waals surface area contributed by atoms with Crippen molar-refractivity contribution in [1.29, 1.82) is 0 Å². The second-order valence-electron chi connectivity index (χ2n) is 3.53. The first kappa shape index (κ1) is 13.2. The lowest BCUT2D eigenvalue weighted by molar-refractivity contribution is -0.138. The van der Waals surface area contributed by atoms with Crippen LogP contribution >= 0.6 is 15.9 Å². The van der Waals surface area contributed by atoms with E-state index >= 15 is 0 Å². The second-order valence-corrected chi connectivity index (χ2v) is 4.39. The predicted molar refractivity (Wildman–Crippen MR) is 59.3 cm³/mol. The highest BCUT2D eigenvalue weighted by molar-refractivity contribution is 9.10. The Balaban J connectivity index is 3.17. The summed E-state index contributed by atoms with van der Waals surface area (Å²) < 4.78 is 42.7. The highest BCUT2D eigenvalue weighted by atomic mass is 79.9. The molecule has 0 amide bonds. The molecule has 1 rings (SSSR count). The highest BCUT2D eigenvalue weighted by Crippen LogP contribution is 2.39. The van der Waals surface area contributed by atoms with Crippen molar-refractivity contribution in [3.05, 3.63) is 22.2 Å². The molecule has 16 heavy (non-hydrogen) atoms. The zero-order chi connectivity index (χ0) is 12.5. The minimum Gasteiger partial charge on any atom is -0.489 e. The topological polar surface area (TPSA) is 35.2 Å². The largest absolute Gasteiger partial charge is 0.489 e. The molecule has 0 aliphatic rings. The van der Waals surface area contributed by atoms with Gasteiger partial charge in [-0.05, 0) is 26.0 Å². The summed E-state index contributed by atoms with van der Waals surface area (Å²) in [5.41, 5.74) is 4.66. The SMILES string of the molecule is CC(C)Oc1cc(Br)c(C(F)(F)F)cc1N. The maximum atomic E-state index is 12.5. The number of benzene rings is 1. The molecule has 0 aliphatic heterocycles. The summed E-state index contributed by atoms with van der Waals surface area (Å²) in [4.78, 5) is 0. The molecule has 6 heteroatoms. The Kier molecular flexibility index (Phi) is 3.72. The van der Waals surface area contributed by atoms with E-state index in [4.69, 9.17) is 10.5 Å². The minimum absolute atomic E-state index is 0.0239. The van der Waals surface area contributed by atoms with E-state index < -0.39 is 11.7 Å². The van der Waals surface area contributed by atoms with Gasteiger partial charge in [-0.3, -0.25) is 0 Å². The molecule has 0 bridgehead atoms. The van der Waals surface area contributed by atoms with Crippen molar-refractivity contribution in [1.82, 2.24) is 0 Å². The third-order valence-electron chi connectivity index (χ3n) is 1.77. The van der Waals surface area contributed by atoms with Gasteiger partial charge >= 0.3 is 6.18 Å². The highest BCUT2D eigenvalue weighted by Gasteiger charge is 2.33. The van der Waals surface area contributed by atoms with Gasteiger partial charge in [0.05, 0.1) is 17.4 Å². The van der Waals surface area contributed by atoms with Gasteiger partial charge in [-0.2, -0.15) is 13.2 Å². The van der Waals surface area contributed by atoms with Crippen LogP contribution in [0.2, 0.25) is 0 Å². The number of anilines is 1. The van der Waals surface area contributed by atoms with Crippen molar-refractivity contribution >= 4 is 21.6 Å². The summed E-state index contributed by atoms with van der Waals surface area (Å²) in [5, 5.41) is 0. The Morgan fingerprint density at radius 3 is 2.31 bits per heavy atom. The lowest BCUT2D eigenvalue weighted by Gasteiger charge is -2.15. The minimum atomic E-state index is -4.43. The number of hydrogen-bond acceptors (Lipinski definition) is 2. The molecular weight excluding hydrogens is 287 g/mol. The Bertz CT molecular complexity index is 390. The predicted octanol–water partition coefficient (Wildman–Crippen LogP) is 3.84. The molecule has 0 heterocycles. The first-order chi connectivity index (χ1) is 7.21.